The molecule has 0 radical (unpaired) electrons. The maximum absolute atomic E-state index is 12.7. The van der Waals surface area contributed by atoms with Crippen molar-refractivity contribution in [2.24, 2.45) is 0 Å². The van der Waals surface area contributed by atoms with Crippen LogP contribution < -0.4 is 0 Å². The molecule has 24 heavy (non-hydrogen) atoms. The topological polar surface area (TPSA) is 76.1 Å². The first-order valence-electron chi connectivity index (χ1n) is 7.84. The summed E-state index contributed by atoms with van der Waals surface area (Å²) in [6.07, 6.45) is 2.59. The Hall–Kier alpha value is -1.25. The quantitative estimate of drug-likeness (QED) is 0.623. The number of hydrogen-bond donors (Lipinski definition) is 1. The van der Waals surface area contributed by atoms with Crippen molar-refractivity contribution in [3.63, 3.8) is 0 Å². The van der Waals surface area contributed by atoms with Gasteiger partial charge in [0.05, 0.1) is 16.7 Å². The van der Waals surface area contributed by atoms with E-state index in [1.807, 2.05) is 19.1 Å². The molecule has 3 atom stereocenters. The summed E-state index contributed by atoms with van der Waals surface area (Å²) < 4.78 is 37.0. The van der Waals surface area contributed by atoms with Crippen molar-refractivity contribution in [2.75, 3.05) is 12.8 Å². The Morgan fingerprint density at radius 2 is 1.92 bits per heavy atom. The highest BCUT2D eigenvalue weighted by atomic mass is 32.2. The molecule has 0 spiro atoms. The minimum absolute atomic E-state index is 0.220. The summed E-state index contributed by atoms with van der Waals surface area (Å²) in [6.45, 7) is 5.39. The molecule has 1 N–H and O–H groups in total. The molecule has 6 nitrogen and oxygen atoms in total. The van der Waals surface area contributed by atoms with E-state index in [2.05, 4.69) is 0 Å². The van der Waals surface area contributed by atoms with Crippen LogP contribution in [0.25, 0.3) is 0 Å². The highest BCUT2D eigenvalue weighted by molar-refractivity contribution is 7.91. The van der Waals surface area contributed by atoms with Gasteiger partial charge in [-0.15, -0.1) is 0 Å². The summed E-state index contributed by atoms with van der Waals surface area (Å²) in [5.74, 6) is -1.12. The fourth-order valence-corrected chi connectivity index (χ4v) is 4.44. The molecule has 1 fully saturated rings. The lowest BCUT2D eigenvalue weighted by atomic mass is 10.1. The largest absolute Gasteiger partial charge is 0.342 e. The molecule has 1 aromatic carbocycles. The van der Waals surface area contributed by atoms with Gasteiger partial charge in [0.1, 0.15) is 12.2 Å². The third-order valence-corrected chi connectivity index (χ3v) is 5.67. The van der Waals surface area contributed by atoms with E-state index < -0.39 is 33.9 Å². The lowest BCUT2D eigenvalue weighted by molar-refractivity contribution is -0.171. The Bertz CT molecular complexity index is 669. The number of likely N-dealkylation sites (N-methyl/N-ethyl adjacent to an activating group) is 1. The summed E-state index contributed by atoms with van der Waals surface area (Å²) >= 11 is 0. The summed E-state index contributed by atoms with van der Waals surface area (Å²) in [6, 6.07) is 7.43. The first-order valence-corrected chi connectivity index (χ1v) is 9.49. The van der Waals surface area contributed by atoms with Crippen LogP contribution in [0.1, 0.15) is 20.8 Å². The Balaban J connectivity index is 2.29. The van der Waals surface area contributed by atoms with Crippen molar-refractivity contribution in [3.8, 4) is 0 Å². The van der Waals surface area contributed by atoms with E-state index in [-0.39, 0.29) is 10.6 Å². The van der Waals surface area contributed by atoms with E-state index in [0.29, 0.717) is 0 Å². The first-order chi connectivity index (χ1) is 11.2. The maximum Gasteiger partial charge on any atom is 0.180 e. The average molecular weight is 355 g/mol. The zero-order valence-electron chi connectivity index (χ0n) is 14.4. The van der Waals surface area contributed by atoms with Gasteiger partial charge in [0.2, 0.25) is 0 Å². The Kier molecular flexibility index (Phi) is 5.83. The van der Waals surface area contributed by atoms with Crippen LogP contribution in [0.3, 0.4) is 0 Å². The van der Waals surface area contributed by atoms with E-state index in [4.69, 9.17) is 9.47 Å². The molecule has 0 saturated carbocycles. The number of hydrogen-bond acceptors (Lipinski definition) is 6. The van der Waals surface area contributed by atoms with Gasteiger partial charge in [-0.3, -0.25) is 0 Å². The number of sulfone groups is 1. The molecule has 1 aliphatic rings. The fourth-order valence-electron chi connectivity index (χ4n) is 2.82. The normalized spacial score (nSPS) is 25.4. The molecule has 0 aliphatic carbocycles. The van der Waals surface area contributed by atoms with Gasteiger partial charge in [-0.2, -0.15) is 5.06 Å². The molecule has 0 unspecified atom stereocenters. The average Bonchev–Trinajstić information content (AvgIpc) is 2.80. The molecule has 2 rings (SSSR count). The van der Waals surface area contributed by atoms with Crippen LogP contribution in [-0.2, 0) is 19.3 Å². The second-order valence-electron chi connectivity index (χ2n) is 6.33. The number of rotatable bonds is 6. The van der Waals surface area contributed by atoms with Crippen molar-refractivity contribution < 1.29 is 23.1 Å². The van der Waals surface area contributed by atoms with Gasteiger partial charge in [-0.25, -0.2) is 8.42 Å². The van der Waals surface area contributed by atoms with Crippen molar-refractivity contribution in [2.45, 2.75) is 49.7 Å². The van der Waals surface area contributed by atoms with Gasteiger partial charge in [-0.05, 0) is 32.9 Å². The maximum atomic E-state index is 12.7. The predicted molar refractivity (Wildman–Crippen MR) is 90.5 cm³/mol. The van der Waals surface area contributed by atoms with Gasteiger partial charge in [0, 0.05) is 7.05 Å². The molecule has 1 heterocycles. The first kappa shape index (κ1) is 19.1. The molecule has 1 aliphatic heterocycles. The standard InChI is InChI=1S/C17H25NO5S/c1-5-9-15-16(23-17(2,3)22-15)14(18(4)19)12-24(20,21)13-10-7-6-8-11-13/h5-11,14-16,19H,12H2,1-4H3/b9-5+/t14-,15-,16+/m0/s1. The second-order valence-corrected chi connectivity index (χ2v) is 8.36. The summed E-state index contributed by atoms with van der Waals surface area (Å²) in [7, 11) is -2.16. The van der Waals surface area contributed by atoms with Crippen LogP contribution in [0.5, 0.6) is 0 Å². The molecular weight excluding hydrogens is 330 g/mol. The van der Waals surface area contributed by atoms with E-state index in [9.17, 15) is 13.6 Å². The number of ether oxygens (including phenoxy) is 2. The van der Waals surface area contributed by atoms with Crippen LogP contribution in [0, 0.1) is 0 Å². The third kappa shape index (κ3) is 4.43. The highest BCUT2D eigenvalue weighted by Gasteiger charge is 2.46. The number of nitrogens with zero attached hydrogens (tertiary/aromatic N) is 1. The molecule has 0 amide bonds. The number of allylic oxidation sites excluding steroid dienone is 1. The summed E-state index contributed by atoms with van der Waals surface area (Å²) in [5.41, 5.74) is 0. The Labute approximate surface area is 143 Å². The number of hydroxylamine groups is 2. The van der Waals surface area contributed by atoms with Crippen molar-refractivity contribution in [3.05, 3.63) is 42.5 Å². The molecule has 7 heteroatoms. The van der Waals surface area contributed by atoms with Crippen molar-refractivity contribution in [1.29, 1.82) is 0 Å². The third-order valence-electron chi connectivity index (χ3n) is 3.90. The molecule has 0 aromatic heterocycles. The smallest absolute Gasteiger partial charge is 0.180 e. The highest BCUT2D eigenvalue weighted by Crippen LogP contribution is 2.32. The molecule has 134 valence electrons. The molecule has 1 aromatic rings. The second kappa shape index (κ2) is 7.33. The van der Waals surface area contributed by atoms with Crippen molar-refractivity contribution >= 4 is 9.84 Å². The van der Waals surface area contributed by atoms with Crippen LogP contribution in [0.4, 0.5) is 0 Å². The Morgan fingerprint density at radius 1 is 1.29 bits per heavy atom. The molecular formula is C17H25NO5S. The Morgan fingerprint density at radius 3 is 2.46 bits per heavy atom. The summed E-state index contributed by atoms with van der Waals surface area (Å²) in [5, 5.41) is 10.9. The van der Waals surface area contributed by atoms with Gasteiger partial charge < -0.3 is 14.7 Å². The van der Waals surface area contributed by atoms with Gasteiger partial charge >= 0.3 is 0 Å². The minimum atomic E-state index is -3.58. The lowest BCUT2D eigenvalue weighted by Crippen LogP contribution is -2.48. The van der Waals surface area contributed by atoms with Crippen molar-refractivity contribution in [1.82, 2.24) is 5.06 Å². The molecule has 0 bridgehead atoms. The van der Waals surface area contributed by atoms with Crippen LogP contribution in [-0.4, -0.2) is 55.5 Å². The van der Waals surface area contributed by atoms with E-state index >= 15 is 0 Å². The summed E-state index contributed by atoms with van der Waals surface area (Å²) in [4.78, 5) is 0.220. The van der Waals surface area contributed by atoms with Crippen LogP contribution in [0.2, 0.25) is 0 Å². The van der Waals surface area contributed by atoms with Gasteiger partial charge in [0.15, 0.2) is 15.6 Å². The predicted octanol–water partition coefficient (Wildman–Crippen LogP) is 2.25. The zero-order chi connectivity index (χ0) is 18.0. The van der Waals surface area contributed by atoms with Gasteiger partial charge in [-0.1, -0.05) is 30.4 Å². The van der Waals surface area contributed by atoms with E-state index in [1.165, 1.54) is 7.05 Å². The van der Waals surface area contributed by atoms with Gasteiger partial charge in [0.25, 0.3) is 0 Å². The fraction of sp³-hybridized carbons (Fsp3) is 0.529. The monoisotopic (exact) mass is 355 g/mol. The number of benzene rings is 1. The molecule has 1 saturated heterocycles. The van der Waals surface area contributed by atoms with Crippen LogP contribution >= 0.6 is 0 Å². The minimum Gasteiger partial charge on any atom is -0.342 e. The van der Waals surface area contributed by atoms with E-state index in [1.54, 1.807) is 44.2 Å². The SMILES string of the molecule is C/C=C/[C@@H]1OC(C)(C)O[C@@H]1[C@H](CS(=O)(=O)c1ccccc1)N(C)O. The zero-order valence-corrected chi connectivity index (χ0v) is 15.2. The van der Waals surface area contributed by atoms with E-state index in [0.717, 1.165) is 5.06 Å². The lowest BCUT2D eigenvalue weighted by Gasteiger charge is -2.29. The van der Waals surface area contributed by atoms with Crippen LogP contribution in [0.15, 0.2) is 47.4 Å².